The van der Waals surface area contributed by atoms with E-state index in [1.807, 2.05) is 7.05 Å². The summed E-state index contributed by atoms with van der Waals surface area (Å²) < 4.78 is 5.25. The summed E-state index contributed by atoms with van der Waals surface area (Å²) in [7, 11) is 1.97. The molecule has 0 spiro atoms. The molecule has 1 heterocycles. The van der Waals surface area contributed by atoms with Crippen LogP contribution in [0.1, 0.15) is 13.3 Å². The molecular weight excluding hydrogens is 138 g/mol. The minimum absolute atomic E-state index is 0.482. The van der Waals surface area contributed by atoms with Gasteiger partial charge in [-0.15, -0.1) is 0 Å². The Balaban J connectivity index is 2.22. The molecule has 2 atom stereocenters. The highest BCUT2D eigenvalue weighted by Crippen LogP contribution is 2.13. The maximum Gasteiger partial charge on any atom is 0.0529 e. The summed E-state index contributed by atoms with van der Waals surface area (Å²) in [5.41, 5.74) is 0. The fourth-order valence-corrected chi connectivity index (χ4v) is 1.12. The standard InChI is InChI=1S/C9H17NO/c1-8(10-2)3-4-9-5-6-11-7-9/h3-4,8-10H,5-7H2,1-2H3/b4-3+. The summed E-state index contributed by atoms with van der Waals surface area (Å²) in [5, 5.41) is 3.16. The normalized spacial score (nSPS) is 28.0. The quantitative estimate of drug-likeness (QED) is 0.618. The van der Waals surface area contributed by atoms with Gasteiger partial charge in [0.25, 0.3) is 0 Å². The van der Waals surface area contributed by atoms with Crippen LogP contribution in [0.25, 0.3) is 0 Å². The lowest BCUT2D eigenvalue weighted by Crippen LogP contribution is -2.18. The summed E-state index contributed by atoms with van der Waals surface area (Å²) >= 11 is 0. The first-order valence-corrected chi connectivity index (χ1v) is 4.26. The highest BCUT2D eigenvalue weighted by atomic mass is 16.5. The lowest BCUT2D eigenvalue weighted by molar-refractivity contribution is 0.191. The van der Waals surface area contributed by atoms with E-state index in [1.165, 1.54) is 6.42 Å². The van der Waals surface area contributed by atoms with E-state index in [2.05, 4.69) is 24.4 Å². The number of hydrogen-bond acceptors (Lipinski definition) is 2. The second-order valence-corrected chi connectivity index (χ2v) is 3.09. The molecule has 11 heavy (non-hydrogen) atoms. The number of ether oxygens (including phenoxy) is 1. The molecule has 0 aliphatic carbocycles. The Morgan fingerprint density at radius 2 is 2.45 bits per heavy atom. The van der Waals surface area contributed by atoms with Crippen LogP contribution < -0.4 is 5.32 Å². The third-order valence-corrected chi connectivity index (χ3v) is 2.09. The maximum atomic E-state index is 5.25. The fraction of sp³-hybridized carbons (Fsp3) is 0.778. The van der Waals surface area contributed by atoms with Gasteiger partial charge in [0.05, 0.1) is 6.61 Å². The molecule has 0 bridgehead atoms. The van der Waals surface area contributed by atoms with E-state index in [0.29, 0.717) is 12.0 Å². The molecule has 0 saturated carbocycles. The fourth-order valence-electron chi connectivity index (χ4n) is 1.12. The molecule has 0 amide bonds. The van der Waals surface area contributed by atoms with E-state index in [0.717, 1.165) is 13.2 Å². The Hall–Kier alpha value is -0.340. The summed E-state index contributed by atoms with van der Waals surface area (Å²) in [4.78, 5) is 0. The average Bonchev–Trinajstić information content (AvgIpc) is 2.52. The van der Waals surface area contributed by atoms with Crippen molar-refractivity contribution in [2.24, 2.45) is 5.92 Å². The molecule has 0 aromatic rings. The topological polar surface area (TPSA) is 21.3 Å². The Kier molecular flexibility index (Phi) is 3.60. The van der Waals surface area contributed by atoms with Crippen molar-refractivity contribution in [1.29, 1.82) is 0 Å². The zero-order valence-corrected chi connectivity index (χ0v) is 7.34. The molecule has 1 aliphatic heterocycles. The first kappa shape index (κ1) is 8.75. The Morgan fingerprint density at radius 1 is 1.64 bits per heavy atom. The number of hydrogen-bond donors (Lipinski definition) is 1. The van der Waals surface area contributed by atoms with Gasteiger partial charge in [-0.3, -0.25) is 0 Å². The molecular formula is C9H17NO. The molecule has 2 nitrogen and oxygen atoms in total. The smallest absolute Gasteiger partial charge is 0.0529 e. The molecule has 2 heteroatoms. The summed E-state index contributed by atoms with van der Waals surface area (Å²) in [5.74, 6) is 0.658. The maximum absolute atomic E-state index is 5.25. The van der Waals surface area contributed by atoms with Crippen molar-refractivity contribution >= 4 is 0 Å². The van der Waals surface area contributed by atoms with Crippen LogP contribution >= 0.6 is 0 Å². The van der Waals surface area contributed by atoms with Crippen LogP contribution in [-0.2, 0) is 4.74 Å². The van der Waals surface area contributed by atoms with E-state index < -0.39 is 0 Å². The van der Waals surface area contributed by atoms with Gasteiger partial charge in [0.1, 0.15) is 0 Å². The van der Waals surface area contributed by atoms with Crippen molar-refractivity contribution in [3.05, 3.63) is 12.2 Å². The minimum Gasteiger partial charge on any atom is -0.381 e. The van der Waals surface area contributed by atoms with Gasteiger partial charge in [-0.1, -0.05) is 12.2 Å². The monoisotopic (exact) mass is 155 g/mol. The highest BCUT2D eigenvalue weighted by molar-refractivity contribution is 4.95. The van der Waals surface area contributed by atoms with E-state index in [4.69, 9.17) is 4.74 Å². The lowest BCUT2D eigenvalue weighted by Gasteiger charge is -2.04. The lowest BCUT2D eigenvalue weighted by atomic mass is 10.1. The van der Waals surface area contributed by atoms with Gasteiger partial charge in [-0.05, 0) is 20.4 Å². The van der Waals surface area contributed by atoms with Crippen LogP contribution in [0, 0.1) is 5.92 Å². The summed E-state index contributed by atoms with van der Waals surface area (Å²) in [6.45, 7) is 3.99. The first-order chi connectivity index (χ1) is 5.33. The minimum atomic E-state index is 0.482. The zero-order chi connectivity index (χ0) is 8.10. The zero-order valence-electron chi connectivity index (χ0n) is 7.34. The van der Waals surface area contributed by atoms with Crippen LogP contribution in [0.3, 0.4) is 0 Å². The third-order valence-electron chi connectivity index (χ3n) is 2.09. The Morgan fingerprint density at radius 3 is 3.00 bits per heavy atom. The number of rotatable bonds is 3. The molecule has 1 fully saturated rings. The van der Waals surface area contributed by atoms with Gasteiger partial charge in [0.2, 0.25) is 0 Å². The van der Waals surface area contributed by atoms with Crippen molar-refractivity contribution in [3.63, 3.8) is 0 Å². The first-order valence-electron chi connectivity index (χ1n) is 4.26. The van der Waals surface area contributed by atoms with Gasteiger partial charge in [-0.2, -0.15) is 0 Å². The van der Waals surface area contributed by atoms with Crippen LogP contribution in [-0.4, -0.2) is 26.3 Å². The molecule has 2 unspecified atom stereocenters. The van der Waals surface area contributed by atoms with Crippen molar-refractivity contribution in [3.8, 4) is 0 Å². The van der Waals surface area contributed by atoms with E-state index >= 15 is 0 Å². The molecule has 1 rings (SSSR count). The number of likely N-dealkylation sites (N-methyl/N-ethyl adjacent to an activating group) is 1. The van der Waals surface area contributed by atoms with E-state index in [1.54, 1.807) is 0 Å². The van der Waals surface area contributed by atoms with Crippen LogP contribution in [0.2, 0.25) is 0 Å². The molecule has 1 saturated heterocycles. The van der Waals surface area contributed by atoms with Crippen LogP contribution in [0.15, 0.2) is 12.2 Å². The van der Waals surface area contributed by atoms with Crippen molar-refractivity contribution in [1.82, 2.24) is 5.32 Å². The van der Waals surface area contributed by atoms with Crippen LogP contribution in [0.5, 0.6) is 0 Å². The molecule has 64 valence electrons. The summed E-state index contributed by atoms with van der Waals surface area (Å²) in [6.07, 6.45) is 5.65. The average molecular weight is 155 g/mol. The van der Waals surface area contributed by atoms with Crippen molar-refractivity contribution < 1.29 is 4.74 Å². The molecule has 0 aromatic carbocycles. The van der Waals surface area contributed by atoms with Crippen LogP contribution in [0.4, 0.5) is 0 Å². The predicted octanol–water partition coefficient (Wildman–Crippen LogP) is 1.19. The van der Waals surface area contributed by atoms with E-state index in [-0.39, 0.29) is 0 Å². The SMILES string of the molecule is CNC(C)/C=C/C1CCOC1. The second-order valence-electron chi connectivity index (χ2n) is 3.09. The molecule has 0 radical (unpaired) electrons. The van der Waals surface area contributed by atoms with Gasteiger partial charge >= 0.3 is 0 Å². The number of nitrogens with one attached hydrogen (secondary N) is 1. The van der Waals surface area contributed by atoms with Crippen molar-refractivity contribution in [2.45, 2.75) is 19.4 Å². The van der Waals surface area contributed by atoms with Gasteiger partial charge in [0.15, 0.2) is 0 Å². The van der Waals surface area contributed by atoms with Gasteiger partial charge < -0.3 is 10.1 Å². The van der Waals surface area contributed by atoms with E-state index in [9.17, 15) is 0 Å². The molecule has 1 N–H and O–H groups in total. The van der Waals surface area contributed by atoms with Crippen molar-refractivity contribution in [2.75, 3.05) is 20.3 Å². The molecule has 0 aromatic heterocycles. The second kappa shape index (κ2) is 4.52. The Bertz CT molecular complexity index is 128. The van der Waals surface area contributed by atoms with Gasteiger partial charge in [-0.25, -0.2) is 0 Å². The predicted molar refractivity (Wildman–Crippen MR) is 46.6 cm³/mol. The highest BCUT2D eigenvalue weighted by Gasteiger charge is 2.11. The molecule has 1 aliphatic rings. The summed E-state index contributed by atoms with van der Waals surface area (Å²) in [6, 6.07) is 0.482. The third kappa shape index (κ3) is 3.04. The Labute approximate surface area is 68.6 Å². The largest absolute Gasteiger partial charge is 0.381 e. The van der Waals surface area contributed by atoms with Gasteiger partial charge in [0, 0.05) is 18.6 Å².